The largest absolute Gasteiger partial charge is 0.419 e. The molecule has 8 heteroatoms. The first-order valence-corrected chi connectivity index (χ1v) is 11.3. The van der Waals surface area contributed by atoms with Crippen LogP contribution in [0.1, 0.15) is 48.4 Å². The van der Waals surface area contributed by atoms with Gasteiger partial charge in [0, 0.05) is 40.8 Å². The monoisotopic (exact) mass is 450 g/mol. The van der Waals surface area contributed by atoms with Gasteiger partial charge >= 0.3 is 0 Å². The van der Waals surface area contributed by atoms with Gasteiger partial charge in [-0.15, -0.1) is 10.2 Å². The van der Waals surface area contributed by atoms with E-state index in [9.17, 15) is 9.59 Å². The van der Waals surface area contributed by atoms with Crippen LogP contribution in [0, 0.1) is 0 Å². The van der Waals surface area contributed by atoms with Crippen LogP contribution in [-0.2, 0) is 11.3 Å². The van der Waals surface area contributed by atoms with Gasteiger partial charge in [0.05, 0.1) is 6.54 Å². The Hall–Kier alpha value is -3.19. The summed E-state index contributed by atoms with van der Waals surface area (Å²) in [6.07, 6.45) is 4.45. The molecule has 0 atom stereocenters. The molecule has 0 radical (unpaired) electrons. The molecule has 5 rings (SSSR count). The zero-order valence-electron chi connectivity index (χ0n) is 17.5. The van der Waals surface area contributed by atoms with Crippen molar-refractivity contribution in [3.8, 4) is 11.5 Å². The maximum atomic E-state index is 13.2. The SMILES string of the molecule is O=C1CCCCN1c1ccc(C(=O)N(Cc2nnc(-c3ccc(Cl)cc3)o2)C2CC2)cc1. The maximum Gasteiger partial charge on any atom is 0.254 e. The number of halogens is 1. The average Bonchev–Trinajstić information content (AvgIpc) is 3.55. The van der Waals surface area contributed by atoms with E-state index >= 15 is 0 Å². The first-order chi connectivity index (χ1) is 15.6. The molecule has 2 aromatic carbocycles. The Balaban J connectivity index is 1.30. The molecular formula is C24H23ClN4O3. The lowest BCUT2D eigenvalue weighted by atomic mass is 10.1. The highest BCUT2D eigenvalue weighted by Crippen LogP contribution is 2.31. The molecule has 1 saturated heterocycles. The number of amides is 2. The standard InChI is InChI=1S/C24H23ClN4O3/c25-18-8-4-16(5-9-18)23-27-26-21(32-23)15-29(20-12-13-20)24(31)17-6-10-19(11-7-17)28-14-2-1-3-22(28)30/h4-11,20H,1-3,12-15H2. The third kappa shape index (κ3) is 4.39. The normalized spacial score (nSPS) is 16.3. The summed E-state index contributed by atoms with van der Waals surface area (Å²) in [6, 6.07) is 14.6. The summed E-state index contributed by atoms with van der Waals surface area (Å²) >= 11 is 5.94. The molecule has 1 aromatic heterocycles. The summed E-state index contributed by atoms with van der Waals surface area (Å²) < 4.78 is 5.81. The van der Waals surface area contributed by atoms with Crippen LogP contribution < -0.4 is 4.90 Å². The molecule has 0 N–H and O–H groups in total. The molecule has 32 heavy (non-hydrogen) atoms. The molecule has 3 aromatic rings. The fourth-order valence-electron chi connectivity index (χ4n) is 3.95. The summed E-state index contributed by atoms with van der Waals surface area (Å²) in [6.45, 7) is 0.990. The van der Waals surface area contributed by atoms with Crippen LogP contribution in [0.25, 0.3) is 11.5 Å². The van der Waals surface area contributed by atoms with Crippen LogP contribution in [0.3, 0.4) is 0 Å². The van der Waals surface area contributed by atoms with Crippen molar-refractivity contribution in [3.05, 3.63) is 65.0 Å². The smallest absolute Gasteiger partial charge is 0.254 e. The van der Waals surface area contributed by atoms with Crippen LogP contribution in [0.2, 0.25) is 5.02 Å². The number of carbonyl (C=O) groups is 2. The number of rotatable bonds is 6. The van der Waals surface area contributed by atoms with Gasteiger partial charge in [-0.1, -0.05) is 11.6 Å². The van der Waals surface area contributed by atoms with Crippen LogP contribution >= 0.6 is 11.6 Å². The highest BCUT2D eigenvalue weighted by molar-refractivity contribution is 6.30. The van der Waals surface area contributed by atoms with Crippen LogP contribution in [0.5, 0.6) is 0 Å². The molecule has 1 aliphatic carbocycles. The minimum Gasteiger partial charge on any atom is -0.419 e. The number of hydrogen-bond acceptors (Lipinski definition) is 5. The lowest BCUT2D eigenvalue weighted by Crippen LogP contribution is -2.35. The van der Waals surface area contributed by atoms with Gasteiger partial charge < -0.3 is 14.2 Å². The summed E-state index contributed by atoms with van der Waals surface area (Å²) in [5, 5.41) is 8.89. The van der Waals surface area contributed by atoms with E-state index in [2.05, 4.69) is 10.2 Å². The van der Waals surface area contributed by atoms with Gasteiger partial charge in [0.1, 0.15) is 0 Å². The molecule has 2 fully saturated rings. The Labute approximate surface area is 191 Å². The number of hydrogen-bond donors (Lipinski definition) is 0. The van der Waals surface area contributed by atoms with Crippen LogP contribution in [0.15, 0.2) is 52.9 Å². The third-order valence-electron chi connectivity index (χ3n) is 5.86. The highest BCUT2D eigenvalue weighted by atomic mass is 35.5. The number of aromatic nitrogens is 2. The molecule has 0 unspecified atom stereocenters. The van der Waals surface area contributed by atoms with E-state index in [1.807, 2.05) is 24.3 Å². The Bertz CT molecular complexity index is 1120. The van der Waals surface area contributed by atoms with Gasteiger partial charge in [0.2, 0.25) is 17.7 Å². The Morgan fingerprint density at radius 2 is 1.81 bits per heavy atom. The summed E-state index contributed by atoms with van der Waals surface area (Å²) in [5.41, 5.74) is 2.21. The molecule has 7 nitrogen and oxygen atoms in total. The van der Waals surface area contributed by atoms with Crippen LogP contribution in [-0.4, -0.2) is 39.5 Å². The van der Waals surface area contributed by atoms with Crippen molar-refractivity contribution in [1.29, 1.82) is 0 Å². The van der Waals surface area contributed by atoms with E-state index in [1.54, 1.807) is 34.1 Å². The fourth-order valence-corrected chi connectivity index (χ4v) is 4.08. The first-order valence-electron chi connectivity index (χ1n) is 10.9. The second-order valence-corrected chi connectivity index (χ2v) is 8.66. The molecule has 1 aliphatic heterocycles. The van der Waals surface area contributed by atoms with Gasteiger partial charge in [0.25, 0.3) is 5.91 Å². The Kier molecular flexibility index (Phi) is 5.66. The van der Waals surface area contributed by atoms with Gasteiger partial charge in [-0.25, -0.2) is 0 Å². The lowest BCUT2D eigenvalue weighted by molar-refractivity contribution is -0.119. The third-order valence-corrected chi connectivity index (χ3v) is 6.11. The zero-order chi connectivity index (χ0) is 22.1. The topological polar surface area (TPSA) is 79.5 Å². The number of nitrogens with zero attached hydrogens (tertiary/aromatic N) is 4. The van der Waals surface area contributed by atoms with Gasteiger partial charge in [-0.3, -0.25) is 9.59 Å². The van der Waals surface area contributed by atoms with E-state index in [0.29, 0.717) is 28.8 Å². The minimum absolute atomic E-state index is 0.0738. The number of benzene rings is 2. The average molecular weight is 451 g/mol. The van der Waals surface area contributed by atoms with Crippen molar-refractivity contribution in [2.45, 2.75) is 44.7 Å². The molecule has 2 aliphatic rings. The molecule has 2 amide bonds. The van der Waals surface area contributed by atoms with Crippen molar-refractivity contribution in [3.63, 3.8) is 0 Å². The Morgan fingerprint density at radius 3 is 2.50 bits per heavy atom. The van der Waals surface area contributed by atoms with E-state index in [1.165, 1.54) is 0 Å². The second kappa shape index (κ2) is 8.74. The van der Waals surface area contributed by atoms with E-state index in [4.69, 9.17) is 16.0 Å². The van der Waals surface area contributed by atoms with E-state index in [-0.39, 0.29) is 24.4 Å². The van der Waals surface area contributed by atoms with Crippen molar-refractivity contribution in [2.24, 2.45) is 0 Å². The molecule has 2 heterocycles. The van der Waals surface area contributed by atoms with Gasteiger partial charge in [-0.05, 0) is 74.2 Å². The van der Waals surface area contributed by atoms with Crippen molar-refractivity contribution in [2.75, 3.05) is 11.4 Å². The highest BCUT2D eigenvalue weighted by Gasteiger charge is 2.34. The predicted molar refractivity (Wildman–Crippen MR) is 120 cm³/mol. The van der Waals surface area contributed by atoms with Crippen molar-refractivity contribution in [1.82, 2.24) is 15.1 Å². The number of carbonyl (C=O) groups excluding carboxylic acids is 2. The lowest BCUT2D eigenvalue weighted by Gasteiger charge is -2.27. The summed E-state index contributed by atoms with van der Waals surface area (Å²) in [4.78, 5) is 29.0. The van der Waals surface area contributed by atoms with Crippen molar-refractivity contribution >= 4 is 29.1 Å². The summed E-state index contributed by atoms with van der Waals surface area (Å²) in [5.74, 6) is 0.860. The molecule has 164 valence electrons. The zero-order valence-corrected chi connectivity index (χ0v) is 18.3. The summed E-state index contributed by atoms with van der Waals surface area (Å²) in [7, 11) is 0. The number of piperidine rings is 1. The van der Waals surface area contributed by atoms with Gasteiger partial charge in [0.15, 0.2) is 0 Å². The molecular weight excluding hydrogens is 428 g/mol. The quantitative estimate of drug-likeness (QED) is 0.543. The van der Waals surface area contributed by atoms with Crippen molar-refractivity contribution < 1.29 is 14.0 Å². The van der Waals surface area contributed by atoms with E-state index in [0.717, 1.165) is 43.5 Å². The molecule has 0 bridgehead atoms. The Morgan fingerprint density at radius 1 is 1.06 bits per heavy atom. The molecule has 1 saturated carbocycles. The minimum atomic E-state index is -0.0738. The predicted octanol–water partition coefficient (Wildman–Crippen LogP) is 4.71. The second-order valence-electron chi connectivity index (χ2n) is 8.22. The maximum absolute atomic E-state index is 13.2. The van der Waals surface area contributed by atoms with E-state index < -0.39 is 0 Å². The van der Waals surface area contributed by atoms with Gasteiger partial charge in [-0.2, -0.15) is 0 Å². The first kappa shape index (κ1) is 20.7. The molecule has 0 spiro atoms. The van der Waals surface area contributed by atoms with Crippen LogP contribution in [0.4, 0.5) is 5.69 Å². The fraction of sp³-hybridized carbons (Fsp3) is 0.333. The number of anilines is 1.